The Morgan fingerprint density at radius 2 is 1.91 bits per heavy atom. The molecule has 0 saturated heterocycles. The molecule has 112 valence electrons. The minimum Gasteiger partial charge on any atom is -0.351 e. The van der Waals surface area contributed by atoms with Crippen molar-refractivity contribution < 1.29 is 4.79 Å². The van der Waals surface area contributed by atoms with Gasteiger partial charge in [-0.05, 0) is 17.2 Å². The number of hydrogen-bond donors (Lipinski definition) is 1. The number of benzene rings is 2. The van der Waals surface area contributed by atoms with Crippen LogP contribution in [0.25, 0.3) is 0 Å². The van der Waals surface area contributed by atoms with Gasteiger partial charge >= 0.3 is 0 Å². The summed E-state index contributed by atoms with van der Waals surface area (Å²) in [4.78, 5) is 16.5. The van der Waals surface area contributed by atoms with Gasteiger partial charge in [-0.1, -0.05) is 72.1 Å². The smallest absolute Gasteiger partial charge is 0.230 e. The van der Waals surface area contributed by atoms with Gasteiger partial charge < -0.3 is 5.32 Å². The number of nitrogens with one attached hydrogen (secondary N) is 1. The SMILES string of the molecule is O=C(CSC1=Nc2ccccc2CS1)NCc1ccccc1. The first-order valence-electron chi connectivity index (χ1n) is 7.04. The fraction of sp³-hybridized carbons (Fsp3) is 0.176. The summed E-state index contributed by atoms with van der Waals surface area (Å²) in [5.41, 5.74) is 3.39. The lowest BCUT2D eigenvalue weighted by atomic mass is 10.2. The van der Waals surface area contributed by atoms with Crippen LogP contribution in [-0.4, -0.2) is 16.0 Å². The van der Waals surface area contributed by atoms with Crippen LogP contribution in [0.4, 0.5) is 5.69 Å². The number of carbonyl (C=O) groups is 1. The van der Waals surface area contributed by atoms with Gasteiger partial charge in [0.15, 0.2) is 0 Å². The highest BCUT2D eigenvalue weighted by Gasteiger charge is 2.13. The molecule has 5 heteroatoms. The van der Waals surface area contributed by atoms with Gasteiger partial charge in [0.25, 0.3) is 0 Å². The van der Waals surface area contributed by atoms with Crippen molar-refractivity contribution in [3.05, 3.63) is 65.7 Å². The summed E-state index contributed by atoms with van der Waals surface area (Å²) in [7, 11) is 0. The first-order valence-corrected chi connectivity index (χ1v) is 9.01. The Hall–Kier alpha value is -1.72. The summed E-state index contributed by atoms with van der Waals surface area (Å²) in [6, 6.07) is 18.1. The zero-order valence-corrected chi connectivity index (χ0v) is 13.6. The quantitative estimate of drug-likeness (QED) is 0.923. The molecule has 3 nitrogen and oxygen atoms in total. The molecule has 3 rings (SSSR count). The molecular formula is C17H16N2OS2. The molecule has 0 unspecified atom stereocenters. The Bertz CT molecular complexity index is 686. The van der Waals surface area contributed by atoms with Gasteiger partial charge in [0.05, 0.1) is 11.4 Å². The number of aliphatic imine (C=N–C) groups is 1. The number of nitrogens with zero attached hydrogens (tertiary/aromatic N) is 1. The molecule has 0 atom stereocenters. The van der Waals surface area contributed by atoms with E-state index in [2.05, 4.69) is 16.4 Å². The van der Waals surface area contributed by atoms with Crippen molar-refractivity contribution in [3.63, 3.8) is 0 Å². The molecule has 0 fully saturated rings. The number of fused-ring (bicyclic) bond motifs is 1. The molecule has 1 amide bonds. The highest BCUT2D eigenvalue weighted by Crippen LogP contribution is 2.34. The molecule has 0 saturated carbocycles. The van der Waals surface area contributed by atoms with E-state index in [0.717, 1.165) is 21.4 Å². The van der Waals surface area contributed by atoms with Crippen molar-refractivity contribution in [1.29, 1.82) is 0 Å². The van der Waals surface area contributed by atoms with Gasteiger partial charge in [-0.25, -0.2) is 4.99 Å². The molecule has 0 aliphatic carbocycles. The van der Waals surface area contributed by atoms with Gasteiger partial charge in [-0.2, -0.15) is 0 Å². The third-order valence-corrected chi connectivity index (χ3v) is 5.46. The van der Waals surface area contributed by atoms with Crippen LogP contribution >= 0.6 is 23.5 Å². The van der Waals surface area contributed by atoms with E-state index in [-0.39, 0.29) is 5.91 Å². The Morgan fingerprint density at radius 3 is 2.77 bits per heavy atom. The maximum atomic E-state index is 11.9. The van der Waals surface area contributed by atoms with Gasteiger partial charge in [0.2, 0.25) is 5.91 Å². The minimum atomic E-state index is 0.0380. The molecule has 0 radical (unpaired) electrons. The maximum Gasteiger partial charge on any atom is 0.230 e. The van der Waals surface area contributed by atoms with E-state index in [0.29, 0.717) is 12.3 Å². The Kier molecular flexibility index (Phi) is 5.19. The van der Waals surface area contributed by atoms with E-state index in [1.54, 1.807) is 11.8 Å². The first-order chi connectivity index (χ1) is 10.8. The van der Waals surface area contributed by atoms with Crippen LogP contribution in [0.15, 0.2) is 59.6 Å². The molecule has 2 aromatic carbocycles. The highest BCUT2D eigenvalue weighted by molar-refractivity contribution is 8.38. The molecule has 22 heavy (non-hydrogen) atoms. The molecule has 1 N–H and O–H groups in total. The van der Waals surface area contributed by atoms with Crippen molar-refractivity contribution in [1.82, 2.24) is 5.32 Å². The molecule has 0 spiro atoms. The zero-order chi connectivity index (χ0) is 15.2. The topological polar surface area (TPSA) is 41.5 Å². The van der Waals surface area contributed by atoms with Gasteiger partial charge in [0, 0.05) is 12.3 Å². The summed E-state index contributed by atoms with van der Waals surface area (Å²) in [6.07, 6.45) is 0. The van der Waals surface area contributed by atoms with Gasteiger partial charge in [-0.3, -0.25) is 4.79 Å². The molecule has 1 aliphatic heterocycles. The second-order valence-electron chi connectivity index (χ2n) is 4.85. The molecular weight excluding hydrogens is 312 g/mol. The largest absolute Gasteiger partial charge is 0.351 e. The number of thioether (sulfide) groups is 2. The van der Waals surface area contributed by atoms with Crippen LogP contribution in [0.3, 0.4) is 0 Å². The third kappa shape index (κ3) is 4.15. The number of hydrogen-bond acceptors (Lipinski definition) is 4. The fourth-order valence-electron chi connectivity index (χ4n) is 2.06. The second kappa shape index (κ2) is 7.51. The lowest BCUT2D eigenvalue weighted by molar-refractivity contribution is -0.118. The van der Waals surface area contributed by atoms with Gasteiger partial charge in [0.1, 0.15) is 4.38 Å². The number of rotatable bonds is 4. The third-order valence-electron chi connectivity index (χ3n) is 3.21. The normalized spacial score (nSPS) is 13.2. The minimum absolute atomic E-state index is 0.0380. The van der Waals surface area contributed by atoms with E-state index in [9.17, 15) is 4.79 Å². The summed E-state index contributed by atoms with van der Waals surface area (Å²) in [6.45, 7) is 0.572. The molecule has 1 aliphatic rings. The second-order valence-corrected chi connectivity index (χ2v) is 7.03. The van der Waals surface area contributed by atoms with Crippen LogP contribution in [0.2, 0.25) is 0 Å². The van der Waals surface area contributed by atoms with Crippen LogP contribution in [0.1, 0.15) is 11.1 Å². The number of para-hydroxylation sites is 1. The van der Waals surface area contributed by atoms with Crippen LogP contribution in [-0.2, 0) is 17.1 Å². The molecule has 1 heterocycles. The Morgan fingerprint density at radius 1 is 1.14 bits per heavy atom. The van der Waals surface area contributed by atoms with Gasteiger partial charge in [-0.15, -0.1) is 0 Å². The summed E-state index contributed by atoms with van der Waals surface area (Å²) < 4.78 is 0.966. The fourth-order valence-corrected chi connectivity index (χ4v) is 3.95. The molecule has 0 aromatic heterocycles. The zero-order valence-electron chi connectivity index (χ0n) is 12.0. The predicted molar refractivity (Wildman–Crippen MR) is 95.6 cm³/mol. The number of amides is 1. The Labute approximate surface area is 138 Å². The van der Waals surface area contributed by atoms with Crippen molar-refractivity contribution >= 4 is 39.5 Å². The maximum absolute atomic E-state index is 11.9. The van der Waals surface area contributed by atoms with Crippen molar-refractivity contribution in [2.24, 2.45) is 4.99 Å². The van der Waals surface area contributed by atoms with E-state index >= 15 is 0 Å². The van der Waals surface area contributed by atoms with E-state index < -0.39 is 0 Å². The number of carbonyl (C=O) groups excluding carboxylic acids is 1. The lowest BCUT2D eigenvalue weighted by Gasteiger charge is -2.14. The average molecular weight is 328 g/mol. The lowest BCUT2D eigenvalue weighted by Crippen LogP contribution is -2.25. The van der Waals surface area contributed by atoms with Crippen molar-refractivity contribution in [2.45, 2.75) is 12.3 Å². The average Bonchev–Trinajstić information content (AvgIpc) is 2.59. The molecule has 0 bridgehead atoms. The first kappa shape index (κ1) is 15.2. The molecule has 2 aromatic rings. The van der Waals surface area contributed by atoms with E-state index in [4.69, 9.17) is 0 Å². The summed E-state index contributed by atoms with van der Waals surface area (Å²) >= 11 is 3.20. The summed E-state index contributed by atoms with van der Waals surface area (Å²) in [5, 5.41) is 2.93. The van der Waals surface area contributed by atoms with Crippen LogP contribution < -0.4 is 5.32 Å². The summed E-state index contributed by atoms with van der Waals surface area (Å²) in [5.74, 6) is 1.37. The van der Waals surface area contributed by atoms with E-state index in [1.165, 1.54) is 17.3 Å². The van der Waals surface area contributed by atoms with Crippen molar-refractivity contribution in [3.8, 4) is 0 Å². The van der Waals surface area contributed by atoms with Crippen molar-refractivity contribution in [2.75, 3.05) is 5.75 Å². The standard InChI is InChI=1S/C17H16N2OS2/c20-16(18-10-13-6-2-1-3-7-13)12-22-17-19-15-9-5-4-8-14(15)11-21-17/h1-9H,10-12H2,(H,18,20). The highest BCUT2D eigenvalue weighted by atomic mass is 32.2. The van der Waals surface area contributed by atoms with E-state index in [1.807, 2.05) is 48.5 Å². The Balaban J connectivity index is 1.49. The van der Waals surface area contributed by atoms with Crippen LogP contribution in [0.5, 0.6) is 0 Å². The predicted octanol–water partition coefficient (Wildman–Crippen LogP) is 3.97. The monoisotopic (exact) mass is 328 g/mol. The van der Waals surface area contributed by atoms with Crippen LogP contribution in [0, 0.1) is 0 Å².